The number of rotatable bonds is 6. The minimum Gasteiger partial charge on any atom is -0.474 e. The van der Waals surface area contributed by atoms with E-state index in [-0.39, 0.29) is 12.0 Å². The lowest BCUT2D eigenvalue weighted by molar-refractivity contribution is -0.119. The molecule has 168 valence electrons. The van der Waals surface area contributed by atoms with Gasteiger partial charge in [-0.3, -0.25) is 9.69 Å². The molecule has 0 aromatic carbocycles. The maximum atomic E-state index is 11.5. The highest BCUT2D eigenvalue weighted by molar-refractivity contribution is 7.19. The Morgan fingerprint density at radius 1 is 1.23 bits per heavy atom. The van der Waals surface area contributed by atoms with Crippen LogP contribution >= 0.6 is 11.3 Å². The molecule has 0 radical (unpaired) electrons. The topological polar surface area (TPSA) is 117 Å². The number of hydrogen-bond donors (Lipinski definition) is 2. The molecule has 1 aliphatic heterocycles. The van der Waals surface area contributed by atoms with E-state index in [2.05, 4.69) is 14.9 Å². The SMILES string of the molecule is NC(=O)C(N)C[C@H]1CCc2sc3ncnc(O[C@H]4CC[C@H](N5CCOCC5)CC4)c3c21. The van der Waals surface area contributed by atoms with Crippen molar-refractivity contribution in [1.82, 2.24) is 14.9 Å². The van der Waals surface area contributed by atoms with Crippen LogP contribution in [0.2, 0.25) is 0 Å². The fraction of sp³-hybridized carbons (Fsp3) is 0.682. The van der Waals surface area contributed by atoms with Gasteiger partial charge in [-0.2, -0.15) is 0 Å². The number of thiophene rings is 1. The van der Waals surface area contributed by atoms with Gasteiger partial charge in [0.1, 0.15) is 17.3 Å². The number of hydrogen-bond acceptors (Lipinski definition) is 8. The summed E-state index contributed by atoms with van der Waals surface area (Å²) in [4.78, 5) is 25.4. The Bertz CT molecular complexity index is 937. The Balaban J connectivity index is 1.31. The van der Waals surface area contributed by atoms with Crippen molar-refractivity contribution < 1.29 is 14.3 Å². The average Bonchev–Trinajstić information content (AvgIpc) is 3.35. The maximum Gasteiger partial charge on any atom is 0.234 e. The maximum absolute atomic E-state index is 11.5. The number of morpholine rings is 1. The summed E-state index contributed by atoms with van der Waals surface area (Å²) in [5.74, 6) is 0.450. The second-order valence-electron chi connectivity index (χ2n) is 8.97. The van der Waals surface area contributed by atoms with E-state index in [1.807, 2.05) is 0 Å². The van der Waals surface area contributed by atoms with Gasteiger partial charge in [0.2, 0.25) is 11.8 Å². The van der Waals surface area contributed by atoms with Gasteiger partial charge < -0.3 is 20.9 Å². The summed E-state index contributed by atoms with van der Waals surface area (Å²) in [7, 11) is 0. The van der Waals surface area contributed by atoms with Crippen molar-refractivity contribution in [2.45, 2.75) is 69.1 Å². The standard InChI is InChI=1S/C22H31N5O3S/c23-16(20(24)28)11-13-1-6-17-18(13)19-21(25-12-26-22(19)31-17)30-15-4-2-14(3-5-15)27-7-9-29-10-8-27/h12-16H,1-11,23H2,(H2,24,28)/t13-,14-,15-,16?/m1/s1. The van der Waals surface area contributed by atoms with Crippen LogP contribution in [0.4, 0.5) is 0 Å². The monoisotopic (exact) mass is 445 g/mol. The van der Waals surface area contributed by atoms with Crippen molar-refractivity contribution in [3.8, 4) is 5.88 Å². The van der Waals surface area contributed by atoms with Crippen LogP contribution < -0.4 is 16.2 Å². The normalized spacial score (nSPS) is 27.8. The average molecular weight is 446 g/mol. The molecule has 1 saturated heterocycles. The highest BCUT2D eigenvalue weighted by Gasteiger charge is 2.33. The van der Waals surface area contributed by atoms with Gasteiger partial charge in [0.05, 0.1) is 24.6 Å². The number of primary amides is 1. The fourth-order valence-corrected chi connectivity index (χ4v) is 6.65. The van der Waals surface area contributed by atoms with Crippen molar-refractivity contribution >= 4 is 27.5 Å². The second kappa shape index (κ2) is 8.97. The number of nitrogens with zero attached hydrogens (tertiary/aromatic N) is 3. The first-order valence-corrected chi connectivity index (χ1v) is 12.2. The molecule has 2 aliphatic carbocycles. The van der Waals surface area contributed by atoms with E-state index < -0.39 is 11.9 Å². The molecule has 9 heteroatoms. The quantitative estimate of drug-likeness (QED) is 0.698. The van der Waals surface area contributed by atoms with Crippen LogP contribution in [0.25, 0.3) is 10.2 Å². The summed E-state index contributed by atoms with van der Waals surface area (Å²) in [6, 6.07) is 0.00888. The van der Waals surface area contributed by atoms with E-state index in [1.54, 1.807) is 17.7 Å². The first-order chi connectivity index (χ1) is 15.1. The smallest absolute Gasteiger partial charge is 0.234 e. The Labute approximate surface area is 186 Å². The third-order valence-corrected chi connectivity index (χ3v) is 8.26. The van der Waals surface area contributed by atoms with E-state index in [4.69, 9.17) is 20.9 Å². The molecule has 8 nitrogen and oxygen atoms in total. The molecule has 3 heterocycles. The Morgan fingerprint density at radius 3 is 2.74 bits per heavy atom. The molecule has 2 atom stereocenters. The number of nitrogens with two attached hydrogens (primary N) is 2. The predicted molar refractivity (Wildman–Crippen MR) is 119 cm³/mol. The van der Waals surface area contributed by atoms with Gasteiger partial charge in [0.15, 0.2) is 0 Å². The first-order valence-electron chi connectivity index (χ1n) is 11.4. The molecule has 0 spiro atoms. The van der Waals surface area contributed by atoms with Crippen molar-refractivity contribution in [3.05, 3.63) is 16.8 Å². The predicted octanol–water partition coefficient (Wildman–Crippen LogP) is 1.95. The van der Waals surface area contributed by atoms with Crippen LogP contribution in [0.3, 0.4) is 0 Å². The van der Waals surface area contributed by atoms with E-state index in [1.165, 1.54) is 10.4 Å². The van der Waals surface area contributed by atoms with Gasteiger partial charge >= 0.3 is 0 Å². The van der Waals surface area contributed by atoms with Crippen LogP contribution in [0.5, 0.6) is 5.88 Å². The minimum atomic E-state index is -0.629. The number of fused-ring (bicyclic) bond motifs is 3. The fourth-order valence-electron chi connectivity index (χ4n) is 5.42. The Kier molecular flexibility index (Phi) is 6.10. The number of carbonyl (C=O) groups is 1. The van der Waals surface area contributed by atoms with Gasteiger partial charge in [-0.15, -0.1) is 11.3 Å². The second-order valence-corrected chi connectivity index (χ2v) is 10.1. The molecule has 2 aromatic heterocycles. The van der Waals surface area contributed by atoms with Gasteiger partial charge in [0, 0.05) is 24.0 Å². The zero-order valence-corrected chi connectivity index (χ0v) is 18.6. The molecule has 1 unspecified atom stereocenters. The highest BCUT2D eigenvalue weighted by Crippen LogP contribution is 2.47. The molecule has 2 fully saturated rings. The Morgan fingerprint density at radius 2 is 2.00 bits per heavy atom. The summed E-state index contributed by atoms with van der Waals surface area (Å²) in [5.41, 5.74) is 12.6. The van der Waals surface area contributed by atoms with Crippen molar-refractivity contribution in [2.24, 2.45) is 11.5 Å². The molecular weight excluding hydrogens is 414 g/mol. The molecule has 1 saturated carbocycles. The summed E-state index contributed by atoms with van der Waals surface area (Å²) in [6.45, 7) is 3.77. The van der Waals surface area contributed by atoms with Crippen LogP contribution in [0, 0.1) is 0 Å². The third-order valence-electron chi connectivity index (χ3n) is 7.08. The summed E-state index contributed by atoms with van der Waals surface area (Å²) >= 11 is 1.71. The lowest BCUT2D eigenvalue weighted by Crippen LogP contribution is -2.46. The molecule has 3 aliphatic rings. The minimum absolute atomic E-state index is 0.179. The van der Waals surface area contributed by atoms with Crippen LogP contribution in [0.15, 0.2) is 6.33 Å². The van der Waals surface area contributed by atoms with E-state index in [0.717, 1.165) is 75.0 Å². The Hall–Kier alpha value is -1.81. The molecule has 2 aromatic rings. The zero-order valence-electron chi connectivity index (χ0n) is 17.8. The molecule has 5 rings (SSSR count). The zero-order chi connectivity index (χ0) is 21.4. The molecule has 0 bridgehead atoms. The molecule has 1 amide bonds. The number of carbonyl (C=O) groups excluding carboxylic acids is 1. The number of aryl methyl sites for hydroxylation is 1. The summed E-state index contributed by atoms with van der Waals surface area (Å²) in [5, 5.41) is 1.02. The van der Waals surface area contributed by atoms with Gasteiger partial charge in [-0.05, 0) is 56.4 Å². The van der Waals surface area contributed by atoms with Crippen molar-refractivity contribution in [1.29, 1.82) is 0 Å². The summed E-state index contributed by atoms with van der Waals surface area (Å²) in [6.07, 6.45) is 8.69. The summed E-state index contributed by atoms with van der Waals surface area (Å²) < 4.78 is 12.0. The van der Waals surface area contributed by atoms with Crippen LogP contribution in [-0.4, -0.2) is 65.3 Å². The third kappa shape index (κ3) is 4.28. The lowest BCUT2D eigenvalue weighted by Gasteiger charge is -2.38. The van der Waals surface area contributed by atoms with Crippen LogP contribution in [0.1, 0.15) is 54.9 Å². The number of amides is 1. The lowest BCUT2D eigenvalue weighted by atomic mass is 9.91. The van der Waals surface area contributed by atoms with Crippen molar-refractivity contribution in [3.63, 3.8) is 0 Å². The van der Waals surface area contributed by atoms with E-state index >= 15 is 0 Å². The largest absolute Gasteiger partial charge is 0.474 e. The first kappa shape index (κ1) is 21.1. The number of aromatic nitrogens is 2. The highest BCUT2D eigenvalue weighted by atomic mass is 32.1. The van der Waals surface area contributed by atoms with Crippen molar-refractivity contribution in [2.75, 3.05) is 26.3 Å². The molecular formula is C22H31N5O3S. The van der Waals surface area contributed by atoms with Gasteiger partial charge in [0.25, 0.3) is 0 Å². The molecule has 4 N–H and O–H groups in total. The van der Waals surface area contributed by atoms with Gasteiger partial charge in [-0.25, -0.2) is 9.97 Å². The number of ether oxygens (including phenoxy) is 2. The van der Waals surface area contributed by atoms with E-state index in [9.17, 15) is 4.79 Å². The van der Waals surface area contributed by atoms with E-state index in [0.29, 0.717) is 18.3 Å². The van der Waals surface area contributed by atoms with Crippen LogP contribution in [-0.2, 0) is 16.0 Å². The van der Waals surface area contributed by atoms with Gasteiger partial charge in [-0.1, -0.05) is 0 Å². The molecule has 31 heavy (non-hydrogen) atoms.